The minimum atomic E-state index is -5.01. The maximum atomic E-state index is 12.4. The molecule has 0 fully saturated rings. The van der Waals surface area contributed by atoms with Crippen LogP contribution < -0.4 is 61.6 Å². The molecule has 0 unspecified atom stereocenters. The van der Waals surface area contributed by atoms with Gasteiger partial charge in [-0.05, 0) is 6.07 Å². The number of halogens is 3. The normalized spacial score (nSPS) is 10.3. The molecule has 0 aromatic heterocycles. The van der Waals surface area contributed by atoms with E-state index in [9.17, 15) is 12.9 Å². The van der Waals surface area contributed by atoms with Crippen molar-refractivity contribution >= 4 is 12.4 Å². The van der Waals surface area contributed by atoms with Crippen molar-refractivity contribution in [3.05, 3.63) is 36.9 Å². The number of para-hydroxylation sites is 1. The molecule has 0 saturated carbocycles. The van der Waals surface area contributed by atoms with Gasteiger partial charge in [-0.1, -0.05) is 36.3 Å². The van der Waals surface area contributed by atoms with Gasteiger partial charge in [0.15, 0.2) is 0 Å². The van der Waals surface area contributed by atoms with E-state index < -0.39 is 12.4 Å². The summed E-state index contributed by atoms with van der Waals surface area (Å²) in [6.45, 7) is -1.57. The Kier molecular flexibility index (Phi) is 6.87. The molecule has 0 atom stereocenters. The summed E-state index contributed by atoms with van der Waals surface area (Å²) < 4.78 is 42.2. The molecule has 1 nitrogen and oxygen atoms in total. The predicted octanol–water partition coefficient (Wildman–Crippen LogP) is -0.690. The van der Waals surface area contributed by atoms with Crippen molar-refractivity contribution < 1.29 is 69.1 Å². The van der Waals surface area contributed by atoms with Crippen molar-refractivity contribution in [1.82, 2.24) is 0 Å². The SMILES string of the molecule is C=CCOc1ccccc1[B-](F)(F)F.[K+]. The second-order valence-electron chi connectivity index (χ2n) is 2.71. The zero-order chi connectivity index (χ0) is 10.6. The van der Waals surface area contributed by atoms with Crippen LogP contribution in [0.25, 0.3) is 0 Å². The quantitative estimate of drug-likeness (QED) is 0.500. The third-order valence-corrected chi connectivity index (χ3v) is 1.63. The molecule has 1 aromatic rings. The fraction of sp³-hybridized carbons (Fsp3) is 0.111. The fourth-order valence-electron chi connectivity index (χ4n) is 1.03. The Labute approximate surface area is 129 Å². The maximum Gasteiger partial charge on any atom is 1.00 e. The summed E-state index contributed by atoms with van der Waals surface area (Å²) in [7, 11) is 0. The van der Waals surface area contributed by atoms with Gasteiger partial charge in [-0.25, -0.2) is 0 Å². The molecular weight excluding hydrogens is 231 g/mol. The van der Waals surface area contributed by atoms with Gasteiger partial charge in [-0.3, -0.25) is 0 Å². The summed E-state index contributed by atoms with van der Waals surface area (Å²) >= 11 is 0. The molecule has 0 aliphatic heterocycles. The van der Waals surface area contributed by atoms with Crippen LogP contribution in [0, 0.1) is 0 Å². The van der Waals surface area contributed by atoms with Gasteiger partial charge in [0.2, 0.25) is 0 Å². The Balaban J connectivity index is 0.00000196. The van der Waals surface area contributed by atoms with Gasteiger partial charge in [0.1, 0.15) is 6.61 Å². The molecule has 0 aliphatic carbocycles. The molecule has 0 radical (unpaired) electrons. The van der Waals surface area contributed by atoms with Gasteiger partial charge in [-0.2, -0.15) is 0 Å². The van der Waals surface area contributed by atoms with Crippen LogP contribution in [0.2, 0.25) is 0 Å². The number of rotatable bonds is 4. The summed E-state index contributed by atoms with van der Waals surface area (Å²) in [6.07, 6.45) is 1.40. The van der Waals surface area contributed by atoms with Crippen LogP contribution in [0.15, 0.2) is 36.9 Å². The van der Waals surface area contributed by atoms with Crippen LogP contribution in [0.3, 0.4) is 0 Å². The first-order valence-electron chi connectivity index (χ1n) is 4.08. The molecule has 0 N–H and O–H groups in total. The zero-order valence-electron chi connectivity index (χ0n) is 8.42. The van der Waals surface area contributed by atoms with Crippen molar-refractivity contribution in [1.29, 1.82) is 0 Å². The van der Waals surface area contributed by atoms with Crippen LogP contribution in [-0.2, 0) is 0 Å². The Morgan fingerprint density at radius 1 is 1.27 bits per heavy atom. The first kappa shape index (κ1) is 15.3. The molecule has 76 valence electrons. The van der Waals surface area contributed by atoms with Gasteiger partial charge in [0, 0.05) is 0 Å². The van der Waals surface area contributed by atoms with Crippen LogP contribution in [0.5, 0.6) is 5.75 Å². The Morgan fingerprint density at radius 3 is 2.40 bits per heavy atom. The first-order valence-corrected chi connectivity index (χ1v) is 4.08. The van der Waals surface area contributed by atoms with Crippen LogP contribution in [-0.4, -0.2) is 13.6 Å². The van der Waals surface area contributed by atoms with E-state index in [1.165, 1.54) is 24.3 Å². The number of hydrogen-bond donors (Lipinski definition) is 0. The monoisotopic (exact) mass is 240 g/mol. The van der Waals surface area contributed by atoms with Crippen molar-refractivity contribution in [2.75, 3.05) is 6.61 Å². The second kappa shape index (κ2) is 6.75. The fourth-order valence-corrected chi connectivity index (χ4v) is 1.03. The van der Waals surface area contributed by atoms with Gasteiger partial charge >= 0.3 is 58.4 Å². The summed E-state index contributed by atoms with van der Waals surface area (Å²) in [6, 6.07) is 5.15. The smallest absolute Gasteiger partial charge is 0.493 e. The van der Waals surface area contributed by atoms with Crippen LogP contribution >= 0.6 is 0 Å². The summed E-state index contributed by atoms with van der Waals surface area (Å²) in [4.78, 5) is 0. The average molecular weight is 240 g/mol. The Hall–Kier alpha value is 0.251. The largest absolute Gasteiger partial charge is 1.00 e. The molecular formula is C9H9BF3KO. The summed E-state index contributed by atoms with van der Waals surface area (Å²) in [5.74, 6) is -0.139. The van der Waals surface area contributed by atoms with E-state index in [-0.39, 0.29) is 63.7 Å². The van der Waals surface area contributed by atoms with E-state index in [1.807, 2.05) is 0 Å². The third kappa shape index (κ3) is 4.74. The maximum absolute atomic E-state index is 12.4. The van der Waals surface area contributed by atoms with E-state index in [4.69, 9.17) is 4.74 Å². The number of benzene rings is 1. The number of hydrogen-bond acceptors (Lipinski definition) is 1. The van der Waals surface area contributed by atoms with Gasteiger partial charge in [-0.15, -0.1) is 0 Å². The number of ether oxygens (including phenoxy) is 1. The van der Waals surface area contributed by atoms with Crippen molar-refractivity contribution in [2.24, 2.45) is 0 Å². The molecule has 0 aliphatic rings. The van der Waals surface area contributed by atoms with Crippen molar-refractivity contribution in [3.8, 4) is 5.75 Å². The Bertz CT molecular complexity index is 327. The minimum Gasteiger partial charge on any atom is -0.493 e. The van der Waals surface area contributed by atoms with Crippen molar-refractivity contribution in [2.45, 2.75) is 0 Å². The molecule has 0 amide bonds. The predicted molar refractivity (Wildman–Crippen MR) is 50.8 cm³/mol. The third-order valence-electron chi connectivity index (χ3n) is 1.63. The van der Waals surface area contributed by atoms with E-state index in [0.717, 1.165) is 6.07 Å². The van der Waals surface area contributed by atoms with Crippen molar-refractivity contribution in [3.63, 3.8) is 0 Å². The topological polar surface area (TPSA) is 9.23 Å². The van der Waals surface area contributed by atoms with Gasteiger partial charge < -0.3 is 17.7 Å². The Morgan fingerprint density at radius 2 is 1.87 bits per heavy atom. The molecule has 1 aromatic carbocycles. The van der Waals surface area contributed by atoms with E-state index in [2.05, 4.69) is 6.58 Å². The van der Waals surface area contributed by atoms with Crippen LogP contribution in [0.1, 0.15) is 0 Å². The van der Waals surface area contributed by atoms with Gasteiger partial charge in [0.05, 0.1) is 5.75 Å². The van der Waals surface area contributed by atoms with Gasteiger partial charge in [0.25, 0.3) is 0 Å². The first-order chi connectivity index (χ1) is 6.55. The molecule has 6 heteroatoms. The molecule has 1 rings (SSSR count). The minimum absolute atomic E-state index is 0. The van der Waals surface area contributed by atoms with Crippen LogP contribution in [0.4, 0.5) is 12.9 Å². The zero-order valence-corrected chi connectivity index (χ0v) is 11.5. The second-order valence-corrected chi connectivity index (χ2v) is 2.71. The molecule has 0 heterocycles. The summed E-state index contributed by atoms with van der Waals surface area (Å²) in [5.41, 5.74) is -0.700. The summed E-state index contributed by atoms with van der Waals surface area (Å²) in [5, 5.41) is 0. The van der Waals surface area contributed by atoms with E-state index in [1.54, 1.807) is 0 Å². The molecule has 15 heavy (non-hydrogen) atoms. The molecule has 0 saturated heterocycles. The van der Waals surface area contributed by atoms with E-state index >= 15 is 0 Å². The molecule has 0 bridgehead atoms. The average Bonchev–Trinajstić information content (AvgIpc) is 2.14. The standard InChI is InChI=1S/C9H9BF3O.K/c1-2-7-14-9-6-4-3-5-8(9)10(11,12)13;/h2-6H,1,7H2;/q-1;+1. The van der Waals surface area contributed by atoms with E-state index in [0.29, 0.717) is 0 Å². The molecule has 0 spiro atoms.